The van der Waals surface area contributed by atoms with Crippen molar-refractivity contribution in [2.24, 2.45) is 5.92 Å². The minimum absolute atomic E-state index is 0.157. The Morgan fingerprint density at radius 1 is 0.943 bits per heavy atom. The number of amides is 1. The lowest BCUT2D eigenvalue weighted by atomic mass is 10.0. The van der Waals surface area contributed by atoms with Crippen molar-refractivity contribution in [3.05, 3.63) is 78.1 Å². The maximum absolute atomic E-state index is 12.4. The maximum Gasteiger partial charge on any atom is 0.224 e. The number of rotatable bonds is 9. The van der Waals surface area contributed by atoms with Crippen molar-refractivity contribution >= 4 is 17.3 Å². The molecule has 0 radical (unpaired) electrons. The van der Waals surface area contributed by atoms with E-state index in [1.165, 1.54) is 42.5 Å². The highest BCUT2D eigenvalue weighted by Gasteiger charge is 2.21. The van der Waals surface area contributed by atoms with Gasteiger partial charge in [0.1, 0.15) is 0 Å². The summed E-state index contributed by atoms with van der Waals surface area (Å²) >= 11 is 0. The Labute approximate surface area is 208 Å². The Kier molecular flexibility index (Phi) is 7.79. The first-order valence-electron chi connectivity index (χ1n) is 13.1. The first-order valence-corrected chi connectivity index (χ1v) is 13.1. The third kappa shape index (κ3) is 6.73. The van der Waals surface area contributed by atoms with Gasteiger partial charge in [-0.3, -0.25) is 9.48 Å². The molecule has 1 aromatic heterocycles. The van der Waals surface area contributed by atoms with Gasteiger partial charge in [0.2, 0.25) is 5.91 Å². The normalized spacial score (nSPS) is 17.1. The second-order valence-electron chi connectivity index (χ2n) is 10.1. The van der Waals surface area contributed by atoms with Crippen LogP contribution in [0.25, 0.3) is 0 Å². The highest BCUT2D eigenvalue weighted by atomic mass is 16.1. The van der Waals surface area contributed by atoms with E-state index in [0.717, 1.165) is 44.7 Å². The Bertz CT molecular complexity index is 1080. The number of nitrogens with zero attached hydrogens (tertiary/aromatic N) is 3. The van der Waals surface area contributed by atoms with Crippen molar-refractivity contribution in [2.75, 3.05) is 23.3 Å². The molecule has 2 heterocycles. The minimum Gasteiger partial charge on any atom is -0.371 e. The summed E-state index contributed by atoms with van der Waals surface area (Å²) < 4.78 is 2.01. The number of carbonyl (C=O) groups excluding carboxylic acids is 1. The van der Waals surface area contributed by atoms with E-state index >= 15 is 0 Å². The Hall–Kier alpha value is -3.12. The predicted molar refractivity (Wildman–Crippen MR) is 141 cm³/mol. The van der Waals surface area contributed by atoms with Crippen LogP contribution in [0, 0.1) is 5.92 Å². The molecule has 184 valence electrons. The van der Waals surface area contributed by atoms with Crippen molar-refractivity contribution in [1.82, 2.24) is 15.1 Å². The molecule has 2 N–H and O–H groups in total. The Morgan fingerprint density at radius 2 is 1.74 bits per heavy atom. The molecule has 0 bridgehead atoms. The number of hydrogen-bond acceptors (Lipinski definition) is 4. The second-order valence-corrected chi connectivity index (χ2v) is 10.1. The fourth-order valence-corrected chi connectivity index (χ4v) is 5.43. The van der Waals surface area contributed by atoms with Gasteiger partial charge in [0, 0.05) is 55.2 Å². The Balaban J connectivity index is 1.06. The summed E-state index contributed by atoms with van der Waals surface area (Å²) in [5.74, 6) is 0.729. The highest BCUT2D eigenvalue weighted by Crippen LogP contribution is 2.28. The molecule has 2 fully saturated rings. The summed E-state index contributed by atoms with van der Waals surface area (Å²) in [5, 5.41) is 11.4. The van der Waals surface area contributed by atoms with Crippen molar-refractivity contribution in [2.45, 2.75) is 64.1 Å². The monoisotopic (exact) mass is 471 g/mol. The fraction of sp³-hybridized carbons (Fsp3) is 0.448. The third-order valence-corrected chi connectivity index (χ3v) is 7.41. The van der Waals surface area contributed by atoms with E-state index in [9.17, 15) is 4.79 Å². The molecule has 2 aliphatic rings. The van der Waals surface area contributed by atoms with Crippen LogP contribution in [0.1, 0.15) is 56.1 Å². The molecule has 1 amide bonds. The van der Waals surface area contributed by atoms with Gasteiger partial charge >= 0.3 is 0 Å². The van der Waals surface area contributed by atoms with E-state index in [2.05, 4.69) is 69.3 Å². The number of hydrogen-bond donors (Lipinski definition) is 2. The van der Waals surface area contributed by atoms with Crippen molar-refractivity contribution in [3.63, 3.8) is 0 Å². The highest BCUT2D eigenvalue weighted by molar-refractivity contribution is 5.91. The number of piperidine rings is 1. The standard InChI is InChI=1S/C29H37N5O/c35-29(17-23-7-4-5-8-23)32-27-11-6-12-28(18-27)33-15-13-26(14-16-33)30-19-25-20-31-34(22-25)21-24-9-2-1-3-10-24/h1-3,6,9-12,18,20,22-23,26,30H,4-5,7-8,13-17,19,21H2,(H,32,35). The zero-order valence-corrected chi connectivity index (χ0v) is 20.5. The summed E-state index contributed by atoms with van der Waals surface area (Å²) in [5.41, 5.74) is 4.60. The van der Waals surface area contributed by atoms with Crippen LogP contribution in [0.4, 0.5) is 11.4 Å². The van der Waals surface area contributed by atoms with Gasteiger partial charge in [-0.05, 0) is 55.4 Å². The summed E-state index contributed by atoms with van der Waals surface area (Å²) in [4.78, 5) is 14.9. The molecule has 0 unspecified atom stereocenters. The zero-order valence-electron chi connectivity index (χ0n) is 20.5. The molecule has 3 aromatic rings. The van der Waals surface area contributed by atoms with E-state index < -0.39 is 0 Å². The van der Waals surface area contributed by atoms with Gasteiger partial charge in [0.25, 0.3) is 0 Å². The van der Waals surface area contributed by atoms with Crippen LogP contribution >= 0.6 is 0 Å². The molecular formula is C29H37N5O. The van der Waals surface area contributed by atoms with Crippen LogP contribution in [0.2, 0.25) is 0 Å². The van der Waals surface area contributed by atoms with Gasteiger partial charge < -0.3 is 15.5 Å². The third-order valence-electron chi connectivity index (χ3n) is 7.41. The molecule has 1 aliphatic carbocycles. The molecule has 0 atom stereocenters. The molecule has 6 heteroatoms. The summed E-state index contributed by atoms with van der Waals surface area (Å²) in [7, 11) is 0. The number of nitrogens with one attached hydrogen (secondary N) is 2. The quantitative estimate of drug-likeness (QED) is 0.450. The van der Waals surface area contributed by atoms with Crippen LogP contribution < -0.4 is 15.5 Å². The molecule has 1 saturated heterocycles. The molecule has 1 saturated carbocycles. The summed E-state index contributed by atoms with van der Waals surface area (Å²) in [6.07, 6.45) is 11.9. The van der Waals surface area contributed by atoms with Crippen LogP contribution in [0.3, 0.4) is 0 Å². The number of benzene rings is 2. The van der Waals surface area contributed by atoms with Gasteiger partial charge in [0.05, 0.1) is 12.7 Å². The van der Waals surface area contributed by atoms with Crippen LogP contribution in [-0.4, -0.2) is 34.8 Å². The smallest absolute Gasteiger partial charge is 0.224 e. The minimum atomic E-state index is 0.157. The summed E-state index contributed by atoms with van der Waals surface area (Å²) in [6.45, 7) is 3.69. The topological polar surface area (TPSA) is 62.2 Å². The molecule has 5 rings (SSSR count). The SMILES string of the molecule is O=C(CC1CCCC1)Nc1cccc(N2CCC(NCc3cnn(Cc4ccccc4)c3)CC2)c1. The van der Waals surface area contributed by atoms with Gasteiger partial charge in [-0.15, -0.1) is 0 Å². The predicted octanol–water partition coefficient (Wildman–Crippen LogP) is 5.21. The van der Waals surface area contributed by atoms with Crippen molar-refractivity contribution in [3.8, 4) is 0 Å². The molecule has 1 aliphatic heterocycles. The summed E-state index contributed by atoms with van der Waals surface area (Å²) in [6, 6.07) is 19.3. The number of carbonyl (C=O) groups is 1. The lowest BCUT2D eigenvalue weighted by Gasteiger charge is -2.34. The van der Waals surface area contributed by atoms with E-state index in [-0.39, 0.29) is 5.91 Å². The number of anilines is 2. The largest absolute Gasteiger partial charge is 0.371 e. The molecule has 6 nitrogen and oxygen atoms in total. The molecule has 2 aromatic carbocycles. The second kappa shape index (κ2) is 11.5. The van der Waals surface area contributed by atoms with Gasteiger partial charge in [-0.25, -0.2) is 0 Å². The Morgan fingerprint density at radius 3 is 2.54 bits per heavy atom. The average molecular weight is 472 g/mol. The number of aromatic nitrogens is 2. The van der Waals surface area contributed by atoms with Crippen LogP contribution in [-0.2, 0) is 17.9 Å². The van der Waals surface area contributed by atoms with Gasteiger partial charge in [0.15, 0.2) is 0 Å². The van der Waals surface area contributed by atoms with Crippen molar-refractivity contribution in [1.29, 1.82) is 0 Å². The first kappa shape index (κ1) is 23.6. The van der Waals surface area contributed by atoms with E-state index in [4.69, 9.17) is 0 Å². The average Bonchev–Trinajstić information content (AvgIpc) is 3.56. The fourth-order valence-electron chi connectivity index (χ4n) is 5.43. The maximum atomic E-state index is 12.4. The van der Waals surface area contributed by atoms with E-state index in [1.54, 1.807) is 0 Å². The first-order chi connectivity index (χ1) is 17.2. The van der Waals surface area contributed by atoms with Gasteiger partial charge in [-0.1, -0.05) is 49.2 Å². The van der Waals surface area contributed by atoms with E-state index in [0.29, 0.717) is 18.4 Å². The lowest BCUT2D eigenvalue weighted by Crippen LogP contribution is -2.42. The van der Waals surface area contributed by atoms with Crippen LogP contribution in [0.5, 0.6) is 0 Å². The molecular weight excluding hydrogens is 434 g/mol. The zero-order chi connectivity index (χ0) is 23.9. The van der Waals surface area contributed by atoms with Gasteiger partial charge in [-0.2, -0.15) is 5.10 Å². The van der Waals surface area contributed by atoms with E-state index in [1.807, 2.05) is 23.0 Å². The lowest BCUT2D eigenvalue weighted by molar-refractivity contribution is -0.117. The molecule has 0 spiro atoms. The van der Waals surface area contributed by atoms with Crippen LogP contribution in [0.15, 0.2) is 67.0 Å². The van der Waals surface area contributed by atoms with Crippen molar-refractivity contribution < 1.29 is 4.79 Å². The molecule has 35 heavy (non-hydrogen) atoms.